The molecular weight excluding hydrogens is 282 g/mol. The number of nitrogens with zero attached hydrogens (tertiary/aromatic N) is 3. The molecule has 0 spiro atoms. The van der Waals surface area contributed by atoms with Crippen LogP contribution in [-0.4, -0.2) is 27.4 Å². The molecule has 0 saturated carbocycles. The highest BCUT2D eigenvalue weighted by Gasteiger charge is 2.31. The quantitative estimate of drug-likeness (QED) is 0.805. The fourth-order valence-electron chi connectivity index (χ4n) is 2.86. The summed E-state index contributed by atoms with van der Waals surface area (Å²) in [5, 5.41) is 4.39. The predicted octanol–water partition coefficient (Wildman–Crippen LogP) is 1.45. The van der Waals surface area contributed by atoms with E-state index in [1.54, 1.807) is 0 Å². The summed E-state index contributed by atoms with van der Waals surface area (Å²) in [5.41, 5.74) is 1.94. The van der Waals surface area contributed by atoms with Crippen LogP contribution in [0.2, 0.25) is 0 Å². The van der Waals surface area contributed by atoms with Crippen molar-refractivity contribution in [3.05, 3.63) is 51.7 Å². The maximum atomic E-state index is 12.6. The standard InChI is InChI=1S/C16H19N3O3/c1-11-6-8-12(9-7-11)10-18-16(21)19-13(15(20)22-2)4-3-5-14(19)17-18/h6-9,13H,3-5,10H2,1-2H3/t13-/m1/s1. The van der Waals surface area contributed by atoms with E-state index < -0.39 is 6.04 Å². The lowest BCUT2D eigenvalue weighted by molar-refractivity contribution is -0.145. The third-order valence-electron chi connectivity index (χ3n) is 4.06. The first kappa shape index (κ1) is 14.6. The molecule has 1 aliphatic heterocycles. The molecule has 0 bridgehead atoms. The van der Waals surface area contributed by atoms with E-state index in [1.165, 1.54) is 21.9 Å². The topological polar surface area (TPSA) is 66.1 Å². The van der Waals surface area contributed by atoms with Gasteiger partial charge in [0.1, 0.15) is 11.9 Å². The van der Waals surface area contributed by atoms with Crippen LogP contribution < -0.4 is 5.69 Å². The molecule has 0 saturated heterocycles. The fraction of sp³-hybridized carbons (Fsp3) is 0.438. The number of carbonyl (C=O) groups excluding carboxylic acids is 1. The molecule has 6 nitrogen and oxygen atoms in total. The Labute approximate surface area is 128 Å². The lowest BCUT2D eigenvalue weighted by Gasteiger charge is -2.20. The van der Waals surface area contributed by atoms with Crippen LogP contribution in [0.1, 0.15) is 35.8 Å². The Morgan fingerprint density at radius 3 is 2.77 bits per heavy atom. The number of aryl methyl sites for hydroxylation is 2. The summed E-state index contributed by atoms with van der Waals surface area (Å²) in [4.78, 5) is 24.4. The van der Waals surface area contributed by atoms with E-state index in [9.17, 15) is 9.59 Å². The molecule has 2 heterocycles. The molecule has 1 aliphatic rings. The fourth-order valence-corrected chi connectivity index (χ4v) is 2.86. The van der Waals surface area contributed by atoms with E-state index >= 15 is 0 Å². The van der Waals surface area contributed by atoms with Gasteiger partial charge in [0, 0.05) is 6.42 Å². The predicted molar refractivity (Wildman–Crippen MR) is 80.8 cm³/mol. The van der Waals surface area contributed by atoms with Crippen molar-refractivity contribution in [1.29, 1.82) is 0 Å². The van der Waals surface area contributed by atoms with Crippen molar-refractivity contribution in [2.24, 2.45) is 0 Å². The van der Waals surface area contributed by atoms with E-state index in [-0.39, 0.29) is 11.7 Å². The number of ether oxygens (including phenoxy) is 1. The van der Waals surface area contributed by atoms with Gasteiger partial charge in [-0.2, -0.15) is 5.10 Å². The van der Waals surface area contributed by atoms with Gasteiger partial charge in [0.25, 0.3) is 0 Å². The summed E-state index contributed by atoms with van der Waals surface area (Å²) in [6.45, 7) is 2.43. The van der Waals surface area contributed by atoms with Crippen molar-refractivity contribution >= 4 is 5.97 Å². The van der Waals surface area contributed by atoms with Gasteiger partial charge < -0.3 is 4.74 Å². The molecule has 0 aliphatic carbocycles. The lowest BCUT2D eigenvalue weighted by atomic mass is 10.1. The van der Waals surface area contributed by atoms with Gasteiger partial charge in [0.2, 0.25) is 0 Å². The van der Waals surface area contributed by atoms with Crippen LogP contribution in [0, 0.1) is 6.92 Å². The largest absolute Gasteiger partial charge is 0.467 e. The highest BCUT2D eigenvalue weighted by Crippen LogP contribution is 2.22. The lowest BCUT2D eigenvalue weighted by Crippen LogP contribution is -2.35. The normalized spacial score (nSPS) is 17.1. The van der Waals surface area contributed by atoms with Gasteiger partial charge in [-0.15, -0.1) is 0 Å². The Hall–Kier alpha value is -2.37. The molecule has 1 aromatic heterocycles. The van der Waals surface area contributed by atoms with Crippen LogP contribution in [0.25, 0.3) is 0 Å². The molecule has 22 heavy (non-hydrogen) atoms. The highest BCUT2D eigenvalue weighted by molar-refractivity contribution is 5.74. The van der Waals surface area contributed by atoms with E-state index in [2.05, 4.69) is 5.10 Å². The maximum absolute atomic E-state index is 12.6. The van der Waals surface area contributed by atoms with Crippen molar-refractivity contribution in [2.75, 3.05) is 7.11 Å². The van der Waals surface area contributed by atoms with Crippen molar-refractivity contribution in [2.45, 2.75) is 38.8 Å². The molecule has 0 unspecified atom stereocenters. The van der Waals surface area contributed by atoms with Gasteiger partial charge in [0.15, 0.2) is 0 Å². The van der Waals surface area contributed by atoms with Crippen molar-refractivity contribution < 1.29 is 9.53 Å². The molecule has 2 aromatic rings. The molecule has 6 heteroatoms. The number of esters is 1. The number of fused-ring (bicyclic) bond motifs is 1. The zero-order chi connectivity index (χ0) is 15.7. The van der Waals surface area contributed by atoms with Gasteiger partial charge >= 0.3 is 11.7 Å². The average Bonchev–Trinajstić information content (AvgIpc) is 2.85. The minimum Gasteiger partial charge on any atom is -0.467 e. The Morgan fingerprint density at radius 2 is 2.09 bits per heavy atom. The number of rotatable bonds is 3. The first-order valence-corrected chi connectivity index (χ1v) is 7.41. The van der Waals surface area contributed by atoms with E-state index in [0.717, 1.165) is 12.0 Å². The summed E-state index contributed by atoms with van der Waals surface area (Å²) < 4.78 is 7.73. The van der Waals surface area contributed by atoms with E-state index in [1.807, 2.05) is 31.2 Å². The van der Waals surface area contributed by atoms with Gasteiger partial charge in [-0.25, -0.2) is 14.3 Å². The summed E-state index contributed by atoms with van der Waals surface area (Å²) in [6.07, 6.45) is 2.17. The number of hydrogen-bond donors (Lipinski definition) is 0. The number of aromatic nitrogens is 3. The zero-order valence-electron chi connectivity index (χ0n) is 12.8. The average molecular weight is 301 g/mol. The van der Waals surface area contributed by atoms with Crippen LogP contribution in [0.5, 0.6) is 0 Å². The Morgan fingerprint density at radius 1 is 1.36 bits per heavy atom. The molecule has 1 aromatic carbocycles. The molecule has 0 radical (unpaired) electrons. The monoisotopic (exact) mass is 301 g/mol. The number of methoxy groups -OCH3 is 1. The third kappa shape index (κ3) is 2.56. The van der Waals surface area contributed by atoms with Crippen molar-refractivity contribution in [1.82, 2.24) is 14.3 Å². The molecular formula is C16H19N3O3. The van der Waals surface area contributed by atoms with Gasteiger partial charge in [-0.3, -0.25) is 4.57 Å². The second kappa shape index (κ2) is 5.79. The smallest absolute Gasteiger partial charge is 0.347 e. The minimum absolute atomic E-state index is 0.245. The van der Waals surface area contributed by atoms with Gasteiger partial charge in [-0.05, 0) is 25.3 Å². The number of carbonyl (C=O) groups is 1. The molecule has 0 N–H and O–H groups in total. The molecule has 116 valence electrons. The van der Waals surface area contributed by atoms with Crippen LogP contribution in [0.15, 0.2) is 29.1 Å². The third-order valence-corrected chi connectivity index (χ3v) is 4.06. The zero-order valence-corrected chi connectivity index (χ0v) is 12.8. The molecule has 0 fully saturated rings. The van der Waals surface area contributed by atoms with Crippen LogP contribution in [0.4, 0.5) is 0 Å². The van der Waals surface area contributed by atoms with Gasteiger partial charge in [0.05, 0.1) is 13.7 Å². The van der Waals surface area contributed by atoms with E-state index in [0.29, 0.717) is 25.2 Å². The van der Waals surface area contributed by atoms with Gasteiger partial charge in [-0.1, -0.05) is 29.8 Å². The van der Waals surface area contributed by atoms with Crippen molar-refractivity contribution in [3.8, 4) is 0 Å². The Balaban J connectivity index is 1.95. The molecule has 3 rings (SSSR count). The number of hydrogen-bond acceptors (Lipinski definition) is 4. The highest BCUT2D eigenvalue weighted by atomic mass is 16.5. The summed E-state index contributed by atoms with van der Waals surface area (Å²) in [5.74, 6) is 0.289. The summed E-state index contributed by atoms with van der Waals surface area (Å²) in [7, 11) is 1.35. The van der Waals surface area contributed by atoms with Crippen LogP contribution in [0.3, 0.4) is 0 Å². The molecule has 1 atom stereocenters. The number of benzene rings is 1. The summed E-state index contributed by atoms with van der Waals surface area (Å²) in [6, 6.07) is 7.44. The Bertz CT molecular complexity index is 743. The maximum Gasteiger partial charge on any atom is 0.347 e. The van der Waals surface area contributed by atoms with Crippen LogP contribution in [-0.2, 0) is 22.5 Å². The second-order valence-electron chi connectivity index (χ2n) is 5.64. The summed E-state index contributed by atoms with van der Waals surface area (Å²) >= 11 is 0. The Kier molecular flexibility index (Phi) is 3.83. The first-order chi connectivity index (χ1) is 10.6. The first-order valence-electron chi connectivity index (χ1n) is 7.41. The second-order valence-corrected chi connectivity index (χ2v) is 5.64. The van der Waals surface area contributed by atoms with Crippen LogP contribution >= 0.6 is 0 Å². The van der Waals surface area contributed by atoms with Crippen molar-refractivity contribution in [3.63, 3.8) is 0 Å². The minimum atomic E-state index is -0.548. The molecule has 0 amide bonds. The van der Waals surface area contributed by atoms with E-state index in [4.69, 9.17) is 4.74 Å². The SMILES string of the molecule is COC(=O)[C@H]1CCCc2nn(Cc3ccc(C)cc3)c(=O)n21.